The second-order valence-corrected chi connectivity index (χ2v) is 5.51. The van der Waals surface area contributed by atoms with E-state index >= 15 is 0 Å². The van der Waals surface area contributed by atoms with Crippen molar-refractivity contribution in [3.05, 3.63) is 40.5 Å². The number of amides is 1. The summed E-state index contributed by atoms with van der Waals surface area (Å²) in [5, 5.41) is 11.0. The Hall–Kier alpha value is -2.57. The van der Waals surface area contributed by atoms with Gasteiger partial charge in [0, 0.05) is 25.7 Å². The minimum absolute atomic E-state index is 0.0372. The number of carbonyl (C=O) groups is 1. The third-order valence-electron chi connectivity index (χ3n) is 4.15. The lowest BCUT2D eigenvalue weighted by Crippen LogP contribution is -2.58. The molecule has 0 bridgehead atoms. The topological polar surface area (TPSA) is 75.9 Å². The number of nitrogens with zero attached hydrogens (tertiary/aromatic N) is 3. The van der Waals surface area contributed by atoms with Crippen molar-refractivity contribution in [2.45, 2.75) is 13.0 Å². The lowest BCUT2D eigenvalue weighted by molar-refractivity contribution is -0.385. The average Bonchev–Trinajstić information content (AvgIpc) is 2.52. The molecule has 1 aromatic rings. The number of carbonyl (C=O) groups excluding carboxylic acids is 1. The zero-order chi connectivity index (χ0) is 15.9. The van der Waals surface area contributed by atoms with Gasteiger partial charge in [0.2, 0.25) is 5.91 Å². The SMILES string of the molecule is C=CC(=O)N1CCN2c3c(C)cc([N+](=O)[O-])cc3OC[C@H]2C1. The third-order valence-corrected chi connectivity index (χ3v) is 4.15. The quantitative estimate of drug-likeness (QED) is 0.470. The number of piperazine rings is 1. The summed E-state index contributed by atoms with van der Waals surface area (Å²) in [6, 6.07) is 3.09. The Labute approximate surface area is 127 Å². The molecule has 0 N–H and O–H groups in total. The minimum Gasteiger partial charge on any atom is -0.489 e. The summed E-state index contributed by atoms with van der Waals surface area (Å²) in [5.74, 6) is 0.470. The van der Waals surface area contributed by atoms with Crippen LogP contribution in [0.2, 0.25) is 0 Å². The van der Waals surface area contributed by atoms with Crippen LogP contribution in [0.15, 0.2) is 24.8 Å². The maximum atomic E-state index is 11.7. The fourth-order valence-electron chi connectivity index (χ4n) is 3.12. The van der Waals surface area contributed by atoms with Crippen LogP contribution in [-0.2, 0) is 4.79 Å². The highest BCUT2D eigenvalue weighted by atomic mass is 16.6. The molecule has 0 radical (unpaired) electrons. The van der Waals surface area contributed by atoms with Gasteiger partial charge in [0.15, 0.2) is 0 Å². The van der Waals surface area contributed by atoms with Crippen molar-refractivity contribution in [3.63, 3.8) is 0 Å². The fraction of sp³-hybridized carbons (Fsp3) is 0.400. The molecule has 7 nitrogen and oxygen atoms in total. The summed E-state index contributed by atoms with van der Waals surface area (Å²) in [5.41, 5.74) is 1.75. The lowest BCUT2D eigenvalue weighted by atomic mass is 10.0. The van der Waals surface area contributed by atoms with Gasteiger partial charge in [-0.3, -0.25) is 14.9 Å². The van der Waals surface area contributed by atoms with Crippen molar-refractivity contribution in [1.29, 1.82) is 0 Å². The lowest BCUT2D eigenvalue weighted by Gasteiger charge is -2.45. The van der Waals surface area contributed by atoms with Gasteiger partial charge in [-0.25, -0.2) is 0 Å². The summed E-state index contributed by atoms with van der Waals surface area (Å²) in [4.78, 5) is 26.2. The van der Waals surface area contributed by atoms with E-state index in [4.69, 9.17) is 4.74 Å². The van der Waals surface area contributed by atoms with Crippen LogP contribution in [0.1, 0.15) is 5.56 Å². The predicted octanol–water partition coefficient (Wildman–Crippen LogP) is 1.50. The Morgan fingerprint density at radius 3 is 2.95 bits per heavy atom. The Kier molecular flexibility index (Phi) is 3.48. The van der Waals surface area contributed by atoms with Crippen LogP contribution >= 0.6 is 0 Å². The highest BCUT2D eigenvalue weighted by molar-refractivity contribution is 5.87. The number of hydrogen-bond donors (Lipinski definition) is 0. The van der Waals surface area contributed by atoms with Gasteiger partial charge in [-0.05, 0) is 18.6 Å². The van der Waals surface area contributed by atoms with Gasteiger partial charge in [-0.2, -0.15) is 0 Å². The molecule has 1 amide bonds. The van der Waals surface area contributed by atoms with Crippen molar-refractivity contribution in [2.75, 3.05) is 31.1 Å². The van der Waals surface area contributed by atoms with Crippen LogP contribution in [0.4, 0.5) is 11.4 Å². The molecule has 0 spiro atoms. The Morgan fingerprint density at radius 2 is 2.27 bits per heavy atom. The van der Waals surface area contributed by atoms with Gasteiger partial charge in [0.25, 0.3) is 5.69 Å². The fourth-order valence-corrected chi connectivity index (χ4v) is 3.12. The zero-order valence-corrected chi connectivity index (χ0v) is 12.3. The average molecular weight is 303 g/mol. The summed E-state index contributed by atoms with van der Waals surface area (Å²) >= 11 is 0. The van der Waals surface area contributed by atoms with Crippen LogP contribution in [-0.4, -0.2) is 48.0 Å². The molecule has 2 aliphatic rings. The van der Waals surface area contributed by atoms with Crippen molar-refractivity contribution in [2.24, 2.45) is 0 Å². The molecule has 0 aliphatic carbocycles. The van der Waals surface area contributed by atoms with Gasteiger partial charge in [0.1, 0.15) is 12.4 Å². The van der Waals surface area contributed by atoms with Gasteiger partial charge in [-0.1, -0.05) is 6.58 Å². The van der Waals surface area contributed by atoms with E-state index in [0.29, 0.717) is 32.0 Å². The molecule has 0 aromatic heterocycles. The van der Waals surface area contributed by atoms with Crippen LogP contribution in [0.25, 0.3) is 0 Å². The first-order valence-corrected chi connectivity index (χ1v) is 7.11. The molecular weight excluding hydrogens is 286 g/mol. The van der Waals surface area contributed by atoms with Crippen LogP contribution in [0, 0.1) is 17.0 Å². The van der Waals surface area contributed by atoms with E-state index in [-0.39, 0.29) is 17.6 Å². The standard InChI is InChI=1S/C15H17N3O4/c1-3-14(19)16-4-5-17-12(8-16)9-22-13-7-11(18(20)21)6-10(2)15(13)17/h3,6-7,12H,1,4-5,8-9H2,2H3/t12-/m1/s1. The van der Waals surface area contributed by atoms with Crippen molar-refractivity contribution < 1.29 is 14.5 Å². The van der Waals surface area contributed by atoms with E-state index in [9.17, 15) is 14.9 Å². The van der Waals surface area contributed by atoms with E-state index in [1.54, 1.807) is 11.0 Å². The van der Waals surface area contributed by atoms with Gasteiger partial charge < -0.3 is 14.5 Å². The van der Waals surface area contributed by atoms with E-state index < -0.39 is 4.92 Å². The van der Waals surface area contributed by atoms with Crippen molar-refractivity contribution >= 4 is 17.3 Å². The molecule has 2 aliphatic heterocycles. The predicted molar refractivity (Wildman–Crippen MR) is 81.2 cm³/mol. The molecule has 3 rings (SSSR count). The first kappa shape index (κ1) is 14.4. The number of anilines is 1. The number of benzene rings is 1. The van der Waals surface area contributed by atoms with E-state index in [1.807, 2.05) is 6.92 Å². The second-order valence-electron chi connectivity index (χ2n) is 5.51. The number of nitro groups is 1. The monoisotopic (exact) mass is 303 g/mol. The molecule has 1 atom stereocenters. The molecule has 2 heterocycles. The number of rotatable bonds is 2. The molecule has 7 heteroatoms. The zero-order valence-electron chi connectivity index (χ0n) is 12.3. The summed E-state index contributed by atoms with van der Waals surface area (Å²) < 4.78 is 5.72. The smallest absolute Gasteiger partial charge is 0.273 e. The molecule has 22 heavy (non-hydrogen) atoms. The first-order valence-electron chi connectivity index (χ1n) is 7.11. The molecule has 0 saturated carbocycles. The van der Waals surface area contributed by atoms with E-state index in [1.165, 1.54) is 12.1 Å². The Morgan fingerprint density at radius 1 is 1.50 bits per heavy atom. The summed E-state index contributed by atoms with van der Waals surface area (Å²) in [6.07, 6.45) is 1.32. The van der Waals surface area contributed by atoms with Crippen LogP contribution in [0.5, 0.6) is 5.75 Å². The number of hydrogen-bond acceptors (Lipinski definition) is 5. The van der Waals surface area contributed by atoms with Crippen molar-refractivity contribution in [1.82, 2.24) is 4.90 Å². The van der Waals surface area contributed by atoms with Gasteiger partial charge in [-0.15, -0.1) is 0 Å². The van der Waals surface area contributed by atoms with Crippen LogP contribution in [0.3, 0.4) is 0 Å². The molecule has 116 valence electrons. The number of aryl methyl sites for hydroxylation is 1. The highest BCUT2D eigenvalue weighted by Gasteiger charge is 2.35. The summed E-state index contributed by atoms with van der Waals surface area (Å²) in [7, 11) is 0. The normalized spacial score (nSPS) is 19.8. The summed E-state index contributed by atoms with van der Waals surface area (Å²) in [6.45, 7) is 7.63. The van der Waals surface area contributed by atoms with Gasteiger partial charge in [0.05, 0.1) is 22.7 Å². The minimum atomic E-state index is -0.413. The molecule has 1 fully saturated rings. The van der Waals surface area contributed by atoms with Crippen LogP contribution < -0.4 is 9.64 Å². The molecular formula is C15H17N3O4. The number of fused-ring (bicyclic) bond motifs is 3. The maximum absolute atomic E-state index is 11.7. The first-order chi connectivity index (χ1) is 10.5. The molecule has 1 aromatic carbocycles. The van der Waals surface area contributed by atoms with E-state index in [0.717, 1.165) is 11.3 Å². The largest absolute Gasteiger partial charge is 0.489 e. The Balaban J connectivity index is 1.91. The highest BCUT2D eigenvalue weighted by Crippen LogP contribution is 2.40. The number of non-ortho nitro benzene ring substituents is 1. The van der Waals surface area contributed by atoms with E-state index in [2.05, 4.69) is 11.5 Å². The second kappa shape index (κ2) is 5.32. The number of nitro benzene ring substituents is 1. The molecule has 0 unspecified atom stereocenters. The molecule has 1 saturated heterocycles. The number of ether oxygens (including phenoxy) is 1. The van der Waals surface area contributed by atoms with Crippen molar-refractivity contribution in [3.8, 4) is 5.75 Å². The van der Waals surface area contributed by atoms with Gasteiger partial charge >= 0.3 is 0 Å². The Bertz CT molecular complexity index is 658. The maximum Gasteiger partial charge on any atom is 0.273 e. The third kappa shape index (κ3) is 2.28.